The van der Waals surface area contributed by atoms with E-state index in [-0.39, 0.29) is 25.7 Å². The molecule has 1 saturated heterocycles. The molecule has 1 aliphatic rings. The van der Waals surface area contributed by atoms with Gasteiger partial charge in [-0.1, -0.05) is 0 Å². The lowest BCUT2D eigenvalue weighted by Gasteiger charge is -2.27. The van der Waals surface area contributed by atoms with Crippen LogP contribution in [-0.4, -0.2) is 59.4 Å². The van der Waals surface area contributed by atoms with Gasteiger partial charge >= 0.3 is 0 Å². The molecule has 0 aliphatic carbocycles. The van der Waals surface area contributed by atoms with Crippen molar-refractivity contribution in [1.29, 1.82) is 0 Å². The highest BCUT2D eigenvalue weighted by Gasteiger charge is 2.24. The lowest BCUT2D eigenvalue weighted by molar-refractivity contribution is -0.129. The number of carbonyl (C=O) groups is 1. The van der Waals surface area contributed by atoms with Gasteiger partial charge in [0.05, 0.1) is 25.3 Å². The van der Waals surface area contributed by atoms with Gasteiger partial charge in [-0.25, -0.2) is 0 Å². The Kier molecular flexibility index (Phi) is 4.50. The molecular weight excluding hydrogens is 196 g/mol. The van der Waals surface area contributed by atoms with E-state index in [0.717, 1.165) is 25.9 Å². The number of hydrogen-bond acceptors (Lipinski definition) is 4. The van der Waals surface area contributed by atoms with Gasteiger partial charge in [-0.05, 0) is 19.8 Å². The summed E-state index contributed by atoms with van der Waals surface area (Å²) in [6.07, 6.45) is 2.14. The first kappa shape index (κ1) is 12.4. The van der Waals surface area contributed by atoms with Crippen molar-refractivity contribution in [2.45, 2.75) is 25.3 Å². The summed E-state index contributed by atoms with van der Waals surface area (Å²) in [5.41, 5.74) is -0.768. The Morgan fingerprint density at radius 3 is 2.33 bits per heavy atom. The van der Waals surface area contributed by atoms with E-state index in [1.54, 1.807) is 6.92 Å². The predicted molar refractivity (Wildman–Crippen MR) is 56.4 cm³/mol. The molecule has 88 valence electrons. The Morgan fingerprint density at radius 2 is 1.87 bits per heavy atom. The third-order valence-electron chi connectivity index (χ3n) is 2.82. The smallest absolute Gasteiger partial charge is 0.236 e. The molecule has 1 aliphatic heterocycles. The van der Waals surface area contributed by atoms with Gasteiger partial charge in [0.15, 0.2) is 0 Å². The Bertz CT molecular complexity index is 211. The fourth-order valence-corrected chi connectivity index (χ4v) is 1.53. The van der Waals surface area contributed by atoms with Crippen molar-refractivity contribution in [1.82, 2.24) is 10.2 Å². The van der Waals surface area contributed by atoms with Crippen molar-refractivity contribution in [3.63, 3.8) is 0 Å². The molecule has 5 nitrogen and oxygen atoms in total. The van der Waals surface area contributed by atoms with Gasteiger partial charge in [0.1, 0.15) is 0 Å². The highest BCUT2D eigenvalue weighted by molar-refractivity contribution is 5.78. The molecule has 0 bridgehead atoms. The van der Waals surface area contributed by atoms with Crippen LogP contribution >= 0.6 is 0 Å². The summed E-state index contributed by atoms with van der Waals surface area (Å²) < 4.78 is 0. The Balaban J connectivity index is 2.32. The molecule has 5 heteroatoms. The van der Waals surface area contributed by atoms with Crippen LogP contribution in [0, 0.1) is 0 Å². The summed E-state index contributed by atoms with van der Waals surface area (Å²) in [5.74, 6) is 0.0422. The van der Waals surface area contributed by atoms with E-state index in [1.807, 2.05) is 4.90 Å². The molecular formula is C10H20N2O3. The zero-order valence-electron chi connectivity index (χ0n) is 9.20. The van der Waals surface area contributed by atoms with Gasteiger partial charge in [-0.15, -0.1) is 0 Å². The molecule has 15 heavy (non-hydrogen) atoms. The molecule has 0 aromatic rings. The quantitative estimate of drug-likeness (QED) is 0.548. The third-order valence-corrected chi connectivity index (χ3v) is 2.82. The van der Waals surface area contributed by atoms with Gasteiger partial charge in [-0.2, -0.15) is 0 Å². The molecule has 0 unspecified atom stereocenters. The molecule has 0 aromatic heterocycles. The Hall–Kier alpha value is -0.650. The summed E-state index contributed by atoms with van der Waals surface area (Å²) >= 11 is 0. The minimum absolute atomic E-state index is 0.0422. The highest BCUT2D eigenvalue weighted by atomic mass is 16.3. The maximum atomic E-state index is 11.6. The van der Waals surface area contributed by atoms with Crippen molar-refractivity contribution >= 4 is 5.91 Å². The maximum Gasteiger partial charge on any atom is 0.236 e. The van der Waals surface area contributed by atoms with Gasteiger partial charge in [0, 0.05) is 13.1 Å². The molecule has 3 N–H and O–H groups in total. The second kappa shape index (κ2) is 5.44. The van der Waals surface area contributed by atoms with Crippen LogP contribution in [-0.2, 0) is 4.79 Å². The number of nitrogens with zero attached hydrogens (tertiary/aromatic N) is 1. The minimum atomic E-state index is -0.768. The van der Waals surface area contributed by atoms with Crippen LogP contribution in [0.4, 0.5) is 0 Å². The molecule has 1 rings (SSSR count). The average Bonchev–Trinajstić information content (AvgIpc) is 2.79. The van der Waals surface area contributed by atoms with Crippen LogP contribution in [0.25, 0.3) is 0 Å². The summed E-state index contributed by atoms with van der Waals surface area (Å²) in [6, 6.07) is 0. The van der Waals surface area contributed by atoms with Gasteiger partial charge in [-0.3, -0.25) is 10.1 Å². The number of nitrogens with one attached hydrogen (secondary N) is 1. The van der Waals surface area contributed by atoms with Crippen LogP contribution in [0.2, 0.25) is 0 Å². The van der Waals surface area contributed by atoms with Crippen LogP contribution in [0.3, 0.4) is 0 Å². The van der Waals surface area contributed by atoms with Gasteiger partial charge in [0.2, 0.25) is 5.91 Å². The predicted octanol–water partition coefficient (Wildman–Crippen LogP) is -1.06. The molecule has 0 spiro atoms. The standard InChI is InChI=1S/C10H20N2O3/c1-10(7-13,8-14)11-6-9(15)12-4-2-3-5-12/h11,13-14H,2-8H2,1H3. The number of hydrogen-bond donors (Lipinski definition) is 3. The minimum Gasteiger partial charge on any atom is -0.394 e. The van der Waals surface area contributed by atoms with Crippen molar-refractivity contribution in [2.24, 2.45) is 0 Å². The normalized spacial score (nSPS) is 17.1. The summed E-state index contributed by atoms with van der Waals surface area (Å²) in [6.45, 7) is 3.15. The molecule has 1 fully saturated rings. The molecule has 0 aromatic carbocycles. The van der Waals surface area contributed by atoms with Crippen molar-refractivity contribution in [3.05, 3.63) is 0 Å². The summed E-state index contributed by atoms with van der Waals surface area (Å²) in [7, 11) is 0. The van der Waals surface area contributed by atoms with E-state index in [4.69, 9.17) is 10.2 Å². The molecule has 0 radical (unpaired) electrons. The number of likely N-dealkylation sites (tertiary alicyclic amines) is 1. The first-order valence-electron chi connectivity index (χ1n) is 5.36. The van der Waals surface area contributed by atoms with Crippen molar-refractivity contribution in [2.75, 3.05) is 32.8 Å². The maximum absolute atomic E-state index is 11.6. The van der Waals surface area contributed by atoms with E-state index < -0.39 is 5.54 Å². The number of amides is 1. The van der Waals surface area contributed by atoms with E-state index >= 15 is 0 Å². The second-order valence-corrected chi connectivity index (χ2v) is 4.32. The zero-order chi connectivity index (χ0) is 11.3. The number of aliphatic hydroxyl groups excluding tert-OH is 2. The zero-order valence-corrected chi connectivity index (χ0v) is 9.20. The van der Waals surface area contributed by atoms with E-state index in [9.17, 15) is 4.79 Å². The van der Waals surface area contributed by atoms with Crippen LogP contribution < -0.4 is 5.32 Å². The average molecular weight is 216 g/mol. The first-order chi connectivity index (χ1) is 7.11. The Morgan fingerprint density at radius 1 is 1.33 bits per heavy atom. The Labute approximate surface area is 90.1 Å². The second-order valence-electron chi connectivity index (χ2n) is 4.32. The van der Waals surface area contributed by atoms with Crippen molar-refractivity contribution < 1.29 is 15.0 Å². The lowest BCUT2D eigenvalue weighted by Crippen LogP contribution is -2.52. The van der Waals surface area contributed by atoms with Crippen LogP contribution in [0.5, 0.6) is 0 Å². The number of aliphatic hydroxyl groups is 2. The molecule has 1 amide bonds. The monoisotopic (exact) mass is 216 g/mol. The van der Waals surface area contributed by atoms with Gasteiger partial charge in [0.25, 0.3) is 0 Å². The third kappa shape index (κ3) is 3.44. The molecule has 0 atom stereocenters. The first-order valence-corrected chi connectivity index (χ1v) is 5.36. The number of carbonyl (C=O) groups excluding carboxylic acids is 1. The summed E-state index contributed by atoms with van der Waals surface area (Å²) in [4.78, 5) is 13.4. The molecule has 1 heterocycles. The van der Waals surface area contributed by atoms with E-state index in [0.29, 0.717) is 0 Å². The fraction of sp³-hybridized carbons (Fsp3) is 0.900. The van der Waals surface area contributed by atoms with Crippen LogP contribution in [0.15, 0.2) is 0 Å². The SMILES string of the molecule is CC(CO)(CO)NCC(=O)N1CCCC1. The lowest BCUT2D eigenvalue weighted by atomic mass is 10.1. The number of rotatable bonds is 5. The van der Waals surface area contributed by atoms with E-state index in [1.165, 1.54) is 0 Å². The highest BCUT2D eigenvalue weighted by Crippen LogP contribution is 2.07. The van der Waals surface area contributed by atoms with Crippen molar-refractivity contribution in [3.8, 4) is 0 Å². The molecule has 0 saturated carbocycles. The van der Waals surface area contributed by atoms with Gasteiger partial charge < -0.3 is 15.1 Å². The van der Waals surface area contributed by atoms with E-state index in [2.05, 4.69) is 5.32 Å². The topological polar surface area (TPSA) is 72.8 Å². The summed E-state index contributed by atoms with van der Waals surface area (Å²) in [5, 5.41) is 20.9. The van der Waals surface area contributed by atoms with Crippen LogP contribution in [0.1, 0.15) is 19.8 Å². The largest absolute Gasteiger partial charge is 0.394 e. The fourth-order valence-electron chi connectivity index (χ4n) is 1.53.